The van der Waals surface area contributed by atoms with Gasteiger partial charge in [0, 0.05) is 11.6 Å². The Hall–Kier alpha value is -2.71. The summed E-state index contributed by atoms with van der Waals surface area (Å²) < 4.78 is 23.8. The van der Waals surface area contributed by atoms with Crippen molar-refractivity contribution in [1.29, 1.82) is 0 Å². The van der Waals surface area contributed by atoms with Crippen LogP contribution >= 0.6 is 24.0 Å². The van der Waals surface area contributed by atoms with Crippen LogP contribution in [0, 0.1) is 5.82 Å². The number of hydrazone groups is 1. The molecule has 0 unspecified atom stereocenters. The Kier molecular flexibility index (Phi) is 5.88. The number of ether oxygens (including phenoxy) is 2. The van der Waals surface area contributed by atoms with Crippen molar-refractivity contribution in [3.8, 4) is 11.5 Å². The third-order valence-corrected chi connectivity index (χ3v) is 4.98. The van der Waals surface area contributed by atoms with Crippen LogP contribution in [0.1, 0.15) is 11.1 Å². The van der Waals surface area contributed by atoms with Crippen molar-refractivity contribution in [1.82, 2.24) is 5.01 Å². The molecule has 138 valence electrons. The van der Waals surface area contributed by atoms with Gasteiger partial charge in [-0.05, 0) is 48.1 Å². The maximum Gasteiger partial charge on any atom is 0.286 e. The van der Waals surface area contributed by atoms with E-state index in [0.717, 1.165) is 16.8 Å². The van der Waals surface area contributed by atoms with E-state index in [2.05, 4.69) is 5.10 Å². The predicted octanol–water partition coefficient (Wildman–Crippen LogP) is 4.08. The summed E-state index contributed by atoms with van der Waals surface area (Å²) in [6, 6.07) is 11.1. The molecule has 1 amide bonds. The minimum atomic E-state index is -0.335. The molecular formula is C19H15FN2O3S2. The number of carbonyl (C=O) groups is 1. The fraction of sp³-hybridized carbons (Fsp3) is 0.105. The number of nitrogens with zero attached hydrogens (tertiary/aromatic N) is 2. The molecule has 1 heterocycles. The molecule has 1 saturated heterocycles. The maximum atomic E-state index is 13.0. The number of thioether (sulfide) groups is 1. The summed E-state index contributed by atoms with van der Waals surface area (Å²) in [4.78, 5) is 13.0. The SMILES string of the molecule is COc1ccc(/C=N/N2C(=O)/C(=C\c3ccc(F)cc3)SC2=S)c(OC)c1. The molecular weight excluding hydrogens is 387 g/mol. The van der Waals surface area contributed by atoms with Gasteiger partial charge in [-0.3, -0.25) is 4.79 Å². The first-order valence-electron chi connectivity index (χ1n) is 7.81. The summed E-state index contributed by atoms with van der Waals surface area (Å²) in [5.41, 5.74) is 1.38. The van der Waals surface area contributed by atoms with Gasteiger partial charge in [-0.1, -0.05) is 23.9 Å². The van der Waals surface area contributed by atoms with Crippen LogP contribution < -0.4 is 9.47 Å². The highest BCUT2D eigenvalue weighted by atomic mass is 32.2. The Bertz CT molecular complexity index is 942. The molecule has 1 aliphatic rings. The molecule has 27 heavy (non-hydrogen) atoms. The molecule has 0 radical (unpaired) electrons. The first-order valence-corrected chi connectivity index (χ1v) is 9.04. The monoisotopic (exact) mass is 402 g/mol. The lowest BCUT2D eigenvalue weighted by atomic mass is 10.2. The van der Waals surface area contributed by atoms with E-state index < -0.39 is 0 Å². The predicted molar refractivity (Wildman–Crippen MR) is 109 cm³/mol. The number of rotatable bonds is 5. The van der Waals surface area contributed by atoms with Crippen molar-refractivity contribution >= 4 is 46.5 Å². The van der Waals surface area contributed by atoms with Gasteiger partial charge in [0.25, 0.3) is 5.91 Å². The highest BCUT2D eigenvalue weighted by molar-refractivity contribution is 8.26. The van der Waals surface area contributed by atoms with Gasteiger partial charge in [0.2, 0.25) is 0 Å². The Labute approximate surface area is 165 Å². The molecule has 0 spiro atoms. The zero-order valence-electron chi connectivity index (χ0n) is 14.5. The van der Waals surface area contributed by atoms with Crippen molar-refractivity contribution in [2.45, 2.75) is 0 Å². The van der Waals surface area contributed by atoms with Crippen LogP contribution in [0.15, 0.2) is 52.5 Å². The number of methoxy groups -OCH3 is 2. The van der Waals surface area contributed by atoms with Crippen LogP contribution in [-0.4, -0.2) is 35.7 Å². The lowest BCUT2D eigenvalue weighted by molar-refractivity contribution is -0.122. The van der Waals surface area contributed by atoms with Crippen molar-refractivity contribution in [3.63, 3.8) is 0 Å². The number of halogens is 1. The minimum Gasteiger partial charge on any atom is -0.497 e. The molecule has 2 aromatic rings. The average molecular weight is 402 g/mol. The smallest absolute Gasteiger partial charge is 0.286 e. The average Bonchev–Trinajstić information content (AvgIpc) is 2.94. The summed E-state index contributed by atoms with van der Waals surface area (Å²) in [6.45, 7) is 0. The van der Waals surface area contributed by atoms with Crippen molar-refractivity contribution in [2.24, 2.45) is 5.10 Å². The van der Waals surface area contributed by atoms with E-state index in [1.165, 1.54) is 25.5 Å². The highest BCUT2D eigenvalue weighted by Crippen LogP contribution is 2.33. The molecule has 8 heteroatoms. The molecule has 3 rings (SSSR count). The number of hydrogen-bond donors (Lipinski definition) is 0. The van der Waals surface area contributed by atoms with E-state index in [-0.39, 0.29) is 11.7 Å². The Morgan fingerprint density at radius 3 is 2.56 bits per heavy atom. The largest absolute Gasteiger partial charge is 0.497 e. The molecule has 5 nitrogen and oxygen atoms in total. The fourth-order valence-corrected chi connectivity index (χ4v) is 3.49. The van der Waals surface area contributed by atoms with Gasteiger partial charge in [-0.15, -0.1) is 0 Å². The maximum absolute atomic E-state index is 13.0. The van der Waals surface area contributed by atoms with Gasteiger partial charge >= 0.3 is 0 Å². The Morgan fingerprint density at radius 1 is 1.15 bits per heavy atom. The molecule has 0 bridgehead atoms. The van der Waals surface area contributed by atoms with Crippen LogP contribution in [0.2, 0.25) is 0 Å². The van der Waals surface area contributed by atoms with E-state index in [9.17, 15) is 9.18 Å². The Balaban J connectivity index is 1.81. The molecule has 1 fully saturated rings. The molecule has 0 aromatic heterocycles. The molecule has 0 atom stereocenters. The van der Waals surface area contributed by atoms with Gasteiger partial charge in [0.15, 0.2) is 4.32 Å². The summed E-state index contributed by atoms with van der Waals surface area (Å²) in [7, 11) is 3.10. The van der Waals surface area contributed by atoms with E-state index in [4.69, 9.17) is 21.7 Å². The second-order valence-electron chi connectivity index (χ2n) is 5.40. The van der Waals surface area contributed by atoms with Crippen molar-refractivity contribution in [3.05, 3.63) is 64.3 Å². The third kappa shape index (κ3) is 4.35. The lowest BCUT2D eigenvalue weighted by Gasteiger charge is -2.09. The van der Waals surface area contributed by atoms with E-state index in [1.807, 2.05) is 0 Å². The molecule has 0 saturated carbocycles. The normalized spacial score (nSPS) is 15.8. The summed E-state index contributed by atoms with van der Waals surface area (Å²) in [5, 5.41) is 5.35. The number of benzene rings is 2. The fourth-order valence-electron chi connectivity index (χ4n) is 2.31. The van der Waals surface area contributed by atoms with Gasteiger partial charge in [-0.2, -0.15) is 10.1 Å². The zero-order valence-corrected chi connectivity index (χ0v) is 16.1. The first kappa shape index (κ1) is 19.1. The third-order valence-electron chi connectivity index (χ3n) is 3.69. The van der Waals surface area contributed by atoms with Crippen LogP contribution in [0.3, 0.4) is 0 Å². The number of carbonyl (C=O) groups excluding carboxylic acids is 1. The van der Waals surface area contributed by atoms with Crippen LogP contribution in [-0.2, 0) is 4.79 Å². The summed E-state index contributed by atoms with van der Waals surface area (Å²) in [6.07, 6.45) is 3.16. The van der Waals surface area contributed by atoms with Crippen LogP contribution in [0.25, 0.3) is 6.08 Å². The van der Waals surface area contributed by atoms with E-state index in [1.54, 1.807) is 43.5 Å². The topological polar surface area (TPSA) is 51.1 Å². The second-order valence-corrected chi connectivity index (χ2v) is 7.07. The number of hydrogen-bond acceptors (Lipinski definition) is 6. The van der Waals surface area contributed by atoms with Crippen LogP contribution in [0.5, 0.6) is 11.5 Å². The first-order chi connectivity index (χ1) is 13.0. The van der Waals surface area contributed by atoms with Gasteiger partial charge in [-0.25, -0.2) is 4.39 Å². The van der Waals surface area contributed by atoms with Gasteiger partial charge < -0.3 is 9.47 Å². The molecule has 2 aromatic carbocycles. The Morgan fingerprint density at radius 2 is 1.89 bits per heavy atom. The quantitative estimate of drug-likeness (QED) is 0.429. The van der Waals surface area contributed by atoms with Crippen LogP contribution in [0.4, 0.5) is 4.39 Å². The van der Waals surface area contributed by atoms with E-state index in [0.29, 0.717) is 31.9 Å². The zero-order chi connectivity index (χ0) is 19.4. The lowest BCUT2D eigenvalue weighted by Crippen LogP contribution is -2.22. The summed E-state index contributed by atoms with van der Waals surface area (Å²) >= 11 is 6.39. The number of amides is 1. The van der Waals surface area contributed by atoms with Crippen molar-refractivity contribution < 1.29 is 18.7 Å². The molecule has 0 N–H and O–H groups in total. The van der Waals surface area contributed by atoms with Gasteiger partial charge in [0.05, 0.1) is 25.3 Å². The minimum absolute atomic E-state index is 0.317. The summed E-state index contributed by atoms with van der Waals surface area (Å²) in [5.74, 6) is 0.540. The standard InChI is InChI=1S/C19H15FN2O3S2/c1-24-15-8-5-13(16(10-15)25-2)11-21-22-18(23)17(27-19(22)26)9-12-3-6-14(20)7-4-12/h3-11H,1-2H3/b17-9+,21-11+. The number of thiocarbonyl (C=S) groups is 1. The highest BCUT2D eigenvalue weighted by Gasteiger charge is 2.32. The van der Waals surface area contributed by atoms with E-state index >= 15 is 0 Å². The van der Waals surface area contributed by atoms with Gasteiger partial charge in [0.1, 0.15) is 17.3 Å². The van der Waals surface area contributed by atoms with Crippen molar-refractivity contribution in [2.75, 3.05) is 14.2 Å². The second kappa shape index (κ2) is 8.32. The molecule has 1 aliphatic heterocycles. The molecule has 0 aliphatic carbocycles.